The van der Waals surface area contributed by atoms with Gasteiger partial charge in [0.25, 0.3) is 0 Å². The third-order valence-corrected chi connectivity index (χ3v) is 3.61. The molecule has 1 aromatic rings. The van der Waals surface area contributed by atoms with Crippen LogP contribution in [0.2, 0.25) is 0 Å². The van der Waals surface area contributed by atoms with Gasteiger partial charge in [0.05, 0.1) is 11.6 Å². The Balaban J connectivity index is 2.45. The van der Waals surface area contributed by atoms with Crippen molar-refractivity contribution >= 4 is 5.91 Å². The maximum atomic E-state index is 12.1. The summed E-state index contributed by atoms with van der Waals surface area (Å²) in [6.07, 6.45) is 1.25. The summed E-state index contributed by atoms with van der Waals surface area (Å²) in [4.78, 5) is 12.1. The van der Waals surface area contributed by atoms with Gasteiger partial charge in [-0.15, -0.1) is 0 Å². The number of nitrogens with two attached hydrogens (primary N) is 1. The molecule has 1 aromatic carbocycles. The summed E-state index contributed by atoms with van der Waals surface area (Å²) in [5.41, 5.74) is 6.47. The highest BCUT2D eigenvalue weighted by Crippen LogP contribution is 2.13. The van der Waals surface area contributed by atoms with Crippen molar-refractivity contribution in [2.24, 2.45) is 5.73 Å². The molecule has 0 radical (unpaired) electrons. The third-order valence-electron chi connectivity index (χ3n) is 3.61. The van der Waals surface area contributed by atoms with E-state index in [1.165, 1.54) is 5.56 Å². The quantitative estimate of drug-likeness (QED) is 0.805. The smallest absolute Gasteiger partial charge is 0.240 e. The molecule has 4 heteroatoms. The Morgan fingerprint density at radius 2 is 1.85 bits per heavy atom. The molecule has 0 aliphatic heterocycles. The number of hydrogen-bond acceptors (Lipinski definition) is 3. The standard InChI is InChI=1S/C16H26N2O2/c1-5-16(17,6-2)15(19)18-13(4)11-20-14-9-7-12(3)8-10-14/h7-10,13H,5-6,11,17H2,1-4H3,(H,18,19). The molecule has 0 aromatic heterocycles. The molecule has 1 amide bonds. The molecule has 0 heterocycles. The first kappa shape index (κ1) is 16.5. The molecule has 112 valence electrons. The van der Waals surface area contributed by atoms with Crippen LogP contribution in [-0.2, 0) is 4.79 Å². The third kappa shape index (κ3) is 4.53. The maximum absolute atomic E-state index is 12.1. The van der Waals surface area contributed by atoms with E-state index in [0.29, 0.717) is 19.4 Å². The lowest BCUT2D eigenvalue weighted by atomic mass is 9.93. The number of nitrogens with one attached hydrogen (secondary N) is 1. The molecule has 1 rings (SSSR count). The van der Waals surface area contributed by atoms with E-state index in [-0.39, 0.29) is 11.9 Å². The van der Waals surface area contributed by atoms with Crippen molar-refractivity contribution in [3.63, 3.8) is 0 Å². The number of amides is 1. The molecule has 0 spiro atoms. The van der Waals surface area contributed by atoms with Gasteiger partial charge in [0.2, 0.25) is 5.91 Å². The normalized spacial score (nSPS) is 12.8. The number of aryl methyl sites for hydroxylation is 1. The predicted molar refractivity (Wildman–Crippen MR) is 81.8 cm³/mol. The van der Waals surface area contributed by atoms with Gasteiger partial charge in [0.15, 0.2) is 0 Å². The van der Waals surface area contributed by atoms with Crippen LogP contribution in [0.3, 0.4) is 0 Å². The molecule has 0 bridgehead atoms. The number of carbonyl (C=O) groups is 1. The Hall–Kier alpha value is -1.55. The van der Waals surface area contributed by atoms with Crippen LogP contribution < -0.4 is 15.8 Å². The van der Waals surface area contributed by atoms with E-state index >= 15 is 0 Å². The van der Waals surface area contributed by atoms with Crippen LogP contribution in [0, 0.1) is 6.92 Å². The lowest BCUT2D eigenvalue weighted by molar-refractivity contribution is -0.127. The van der Waals surface area contributed by atoms with Crippen molar-refractivity contribution in [1.29, 1.82) is 0 Å². The first-order valence-corrected chi connectivity index (χ1v) is 7.20. The van der Waals surface area contributed by atoms with Crippen LogP contribution in [-0.4, -0.2) is 24.1 Å². The van der Waals surface area contributed by atoms with Crippen molar-refractivity contribution in [3.8, 4) is 5.75 Å². The molecule has 4 nitrogen and oxygen atoms in total. The van der Waals surface area contributed by atoms with Gasteiger partial charge in [0.1, 0.15) is 12.4 Å². The van der Waals surface area contributed by atoms with Crippen molar-refractivity contribution in [1.82, 2.24) is 5.32 Å². The monoisotopic (exact) mass is 278 g/mol. The van der Waals surface area contributed by atoms with Crippen LogP contribution >= 0.6 is 0 Å². The van der Waals surface area contributed by atoms with E-state index in [1.54, 1.807) is 0 Å². The molecule has 1 unspecified atom stereocenters. The summed E-state index contributed by atoms with van der Waals surface area (Å²) in [6, 6.07) is 7.77. The Kier molecular flexibility index (Phi) is 6.02. The van der Waals surface area contributed by atoms with Gasteiger partial charge in [-0.2, -0.15) is 0 Å². The molecule has 0 aliphatic rings. The lowest BCUT2D eigenvalue weighted by Crippen LogP contribution is -2.55. The van der Waals surface area contributed by atoms with Gasteiger partial charge in [-0.05, 0) is 38.8 Å². The number of carbonyl (C=O) groups excluding carboxylic acids is 1. The summed E-state index contributed by atoms with van der Waals surface area (Å²) in [6.45, 7) is 8.23. The van der Waals surface area contributed by atoms with Crippen LogP contribution in [0.1, 0.15) is 39.2 Å². The van der Waals surface area contributed by atoms with Gasteiger partial charge in [0, 0.05) is 0 Å². The summed E-state index contributed by atoms with van der Waals surface area (Å²) >= 11 is 0. The molecule has 3 N–H and O–H groups in total. The Bertz CT molecular complexity index is 425. The van der Waals surface area contributed by atoms with Crippen molar-refractivity contribution in [2.75, 3.05) is 6.61 Å². The summed E-state index contributed by atoms with van der Waals surface area (Å²) in [5, 5.41) is 2.92. The Labute approximate surface area is 121 Å². The minimum atomic E-state index is -0.780. The topological polar surface area (TPSA) is 64.4 Å². The molecule has 0 aliphatic carbocycles. The Morgan fingerprint density at radius 1 is 1.30 bits per heavy atom. The SMILES string of the molecule is CCC(N)(CC)C(=O)NC(C)COc1ccc(C)cc1. The lowest BCUT2D eigenvalue weighted by Gasteiger charge is -2.27. The zero-order valence-corrected chi connectivity index (χ0v) is 12.9. The average Bonchev–Trinajstić information content (AvgIpc) is 2.45. The van der Waals surface area contributed by atoms with Crippen LogP contribution in [0.4, 0.5) is 0 Å². The van der Waals surface area contributed by atoms with Crippen molar-refractivity contribution < 1.29 is 9.53 Å². The minimum absolute atomic E-state index is 0.0789. The van der Waals surface area contributed by atoms with Crippen LogP contribution in [0.15, 0.2) is 24.3 Å². The largest absolute Gasteiger partial charge is 0.491 e. The zero-order chi connectivity index (χ0) is 15.2. The number of ether oxygens (including phenoxy) is 1. The van der Waals surface area contributed by atoms with E-state index in [4.69, 9.17) is 10.5 Å². The number of hydrogen-bond donors (Lipinski definition) is 2. The highest BCUT2D eigenvalue weighted by Gasteiger charge is 2.30. The fraction of sp³-hybridized carbons (Fsp3) is 0.562. The van der Waals surface area contributed by atoms with E-state index in [9.17, 15) is 4.79 Å². The zero-order valence-electron chi connectivity index (χ0n) is 12.9. The molecule has 0 saturated carbocycles. The van der Waals surface area contributed by atoms with Gasteiger partial charge in [-0.25, -0.2) is 0 Å². The second-order valence-corrected chi connectivity index (χ2v) is 5.36. The fourth-order valence-electron chi connectivity index (χ4n) is 1.84. The molecule has 0 fully saturated rings. The van der Waals surface area contributed by atoms with E-state index in [2.05, 4.69) is 5.32 Å². The number of rotatable bonds is 7. The Morgan fingerprint density at radius 3 is 2.35 bits per heavy atom. The van der Waals surface area contributed by atoms with Crippen molar-refractivity contribution in [2.45, 2.75) is 52.1 Å². The van der Waals surface area contributed by atoms with Crippen LogP contribution in [0.5, 0.6) is 5.75 Å². The first-order chi connectivity index (χ1) is 9.41. The van der Waals surface area contributed by atoms with E-state index in [0.717, 1.165) is 5.75 Å². The summed E-state index contributed by atoms with van der Waals surface area (Å²) < 4.78 is 5.65. The predicted octanol–water partition coefficient (Wildman–Crippen LogP) is 2.40. The van der Waals surface area contributed by atoms with Gasteiger partial charge in [-0.1, -0.05) is 31.5 Å². The van der Waals surface area contributed by atoms with Gasteiger partial charge in [-0.3, -0.25) is 4.79 Å². The van der Waals surface area contributed by atoms with Gasteiger partial charge >= 0.3 is 0 Å². The fourth-order valence-corrected chi connectivity index (χ4v) is 1.84. The molecular formula is C16H26N2O2. The molecule has 20 heavy (non-hydrogen) atoms. The molecule has 0 saturated heterocycles. The average molecular weight is 278 g/mol. The summed E-state index contributed by atoms with van der Waals surface area (Å²) in [7, 11) is 0. The highest BCUT2D eigenvalue weighted by molar-refractivity contribution is 5.86. The maximum Gasteiger partial charge on any atom is 0.240 e. The molecular weight excluding hydrogens is 252 g/mol. The minimum Gasteiger partial charge on any atom is -0.491 e. The number of benzene rings is 1. The van der Waals surface area contributed by atoms with E-state index in [1.807, 2.05) is 52.0 Å². The van der Waals surface area contributed by atoms with Crippen LogP contribution in [0.25, 0.3) is 0 Å². The van der Waals surface area contributed by atoms with Crippen molar-refractivity contribution in [3.05, 3.63) is 29.8 Å². The van der Waals surface area contributed by atoms with E-state index < -0.39 is 5.54 Å². The first-order valence-electron chi connectivity index (χ1n) is 7.20. The van der Waals surface area contributed by atoms with Gasteiger partial charge < -0.3 is 15.8 Å². The highest BCUT2D eigenvalue weighted by atomic mass is 16.5. The second kappa shape index (κ2) is 7.29. The second-order valence-electron chi connectivity index (χ2n) is 5.36. The molecule has 1 atom stereocenters. The summed E-state index contributed by atoms with van der Waals surface area (Å²) in [5.74, 6) is 0.698.